The van der Waals surface area contributed by atoms with E-state index in [1.54, 1.807) is 0 Å². The second-order valence-corrected chi connectivity index (χ2v) is 6.93. The molecular weight excluding hydrogens is 348 g/mol. The third-order valence-corrected chi connectivity index (χ3v) is 4.87. The van der Waals surface area contributed by atoms with Crippen LogP contribution in [-0.2, 0) is 10.0 Å². The van der Waals surface area contributed by atoms with E-state index < -0.39 is 21.4 Å². The number of sulfonamides is 1. The lowest BCUT2D eigenvalue weighted by molar-refractivity contribution is 0.101. The fraction of sp³-hybridized carbons (Fsp3) is 0.0625. The first-order valence-electron chi connectivity index (χ1n) is 7.07. The first-order valence-corrected chi connectivity index (χ1v) is 8.55. The molecule has 128 valence electrons. The summed E-state index contributed by atoms with van der Waals surface area (Å²) in [5.74, 6) is -1.05. The Morgan fingerprint density at radius 1 is 1.08 bits per heavy atom. The molecule has 0 saturated heterocycles. The first-order chi connectivity index (χ1) is 11.8. The fourth-order valence-electron chi connectivity index (χ4n) is 2.23. The van der Waals surface area contributed by atoms with E-state index in [2.05, 4.69) is 14.1 Å². The molecule has 0 aliphatic heterocycles. The zero-order chi connectivity index (χ0) is 18.2. The molecular formula is C16H12N2O6S. The number of Topliss-reactive ketones (excluding diaryl/α,β-unsaturated/α-hetero) is 1. The average molecular weight is 360 g/mol. The van der Waals surface area contributed by atoms with E-state index in [0.29, 0.717) is 5.56 Å². The number of ketones is 1. The third kappa shape index (κ3) is 3.36. The molecule has 3 rings (SSSR count). The van der Waals surface area contributed by atoms with Gasteiger partial charge in [0.25, 0.3) is 10.0 Å². The Hall–Kier alpha value is -3.20. The summed E-state index contributed by atoms with van der Waals surface area (Å²) in [6, 6.07) is 9.59. The maximum atomic E-state index is 12.5. The summed E-state index contributed by atoms with van der Waals surface area (Å²) in [6.45, 7) is 1.41. The van der Waals surface area contributed by atoms with Crippen molar-refractivity contribution in [3.05, 3.63) is 69.0 Å². The Morgan fingerprint density at radius 2 is 1.76 bits per heavy atom. The van der Waals surface area contributed by atoms with Gasteiger partial charge in [0.2, 0.25) is 0 Å². The fourth-order valence-corrected chi connectivity index (χ4v) is 3.31. The predicted molar refractivity (Wildman–Crippen MR) is 90.4 cm³/mol. The van der Waals surface area contributed by atoms with E-state index >= 15 is 0 Å². The van der Waals surface area contributed by atoms with Crippen molar-refractivity contribution in [3.63, 3.8) is 0 Å². The number of nitrogens with one attached hydrogen (secondary N) is 2. The molecule has 2 aromatic carbocycles. The predicted octanol–water partition coefficient (Wildman–Crippen LogP) is 1.48. The highest BCUT2D eigenvalue weighted by Gasteiger charge is 2.16. The van der Waals surface area contributed by atoms with Crippen molar-refractivity contribution in [1.29, 1.82) is 0 Å². The Balaban J connectivity index is 1.99. The summed E-state index contributed by atoms with van der Waals surface area (Å²) in [5, 5.41) is -0.0607. The molecule has 1 heterocycles. The van der Waals surface area contributed by atoms with Crippen LogP contribution in [0.1, 0.15) is 17.3 Å². The van der Waals surface area contributed by atoms with Crippen LogP contribution < -0.4 is 16.1 Å². The zero-order valence-corrected chi connectivity index (χ0v) is 13.7. The highest BCUT2D eigenvalue weighted by molar-refractivity contribution is 7.92. The summed E-state index contributed by atoms with van der Waals surface area (Å²) in [6.07, 6.45) is 0. The average Bonchev–Trinajstić information content (AvgIpc) is 2.54. The van der Waals surface area contributed by atoms with Gasteiger partial charge in [0, 0.05) is 11.3 Å². The Morgan fingerprint density at radius 3 is 2.40 bits per heavy atom. The third-order valence-electron chi connectivity index (χ3n) is 3.49. The molecule has 0 saturated carbocycles. The van der Waals surface area contributed by atoms with Crippen LogP contribution in [-0.4, -0.2) is 19.2 Å². The summed E-state index contributed by atoms with van der Waals surface area (Å²) in [7, 11) is -3.97. The lowest BCUT2D eigenvalue weighted by Crippen LogP contribution is -2.16. The number of carbonyl (C=O) groups excluding carboxylic acids is 1. The zero-order valence-electron chi connectivity index (χ0n) is 12.9. The van der Waals surface area contributed by atoms with E-state index in [1.807, 2.05) is 0 Å². The maximum Gasteiger partial charge on any atom is 0.419 e. The second-order valence-electron chi connectivity index (χ2n) is 5.25. The van der Waals surface area contributed by atoms with E-state index in [9.17, 15) is 22.8 Å². The first kappa shape index (κ1) is 16.7. The number of benzene rings is 2. The minimum atomic E-state index is -3.97. The molecule has 0 aliphatic carbocycles. The number of fused-ring (bicyclic) bond motifs is 1. The van der Waals surface area contributed by atoms with Crippen molar-refractivity contribution in [2.24, 2.45) is 0 Å². The number of hydrogen-bond donors (Lipinski definition) is 2. The van der Waals surface area contributed by atoms with Crippen LogP contribution >= 0.6 is 0 Å². The molecule has 0 amide bonds. The van der Waals surface area contributed by atoms with E-state index in [0.717, 1.165) is 6.07 Å². The van der Waals surface area contributed by atoms with Crippen molar-refractivity contribution >= 4 is 32.4 Å². The summed E-state index contributed by atoms with van der Waals surface area (Å²) in [5.41, 5.74) is -0.0403. The molecule has 0 spiro atoms. The van der Waals surface area contributed by atoms with Crippen LogP contribution in [0.15, 0.2) is 61.4 Å². The topological polar surface area (TPSA) is 126 Å². The SMILES string of the molecule is CC(=O)c1ccc(NS(=O)(=O)c2ccc3[nH]c(=O)oc(=O)c3c2)cc1. The molecule has 0 fully saturated rings. The van der Waals surface area contributed by atoms with Crippen LogP contribution in [0.2, 0.25) is 0 Å². The molecule has 0 radical (unpaired) electrons. The molecule has 0 atom stereocenters. The lowest BCUT2D eigenvalue weighted by Gasteiger charge is -2.09. The lowest BCUT2D eigenvalue weighted by atomic mass is 10.1. The van der Waals surface area contributed by atoms with Crippen LogP contribution in [0.4, 0.5) is 5.69 Å². The molecule has 0 aliphatic rings. The van der Waals surface area contributed by atoms with E-state index in [1.165, 1.54) is 43.3 Å². The molecule has 25 heavy (non-hydrogen) atoms. The van der Waals surface area contributed by atoms with Crippen LogP contribution in [0, 0.1) is 0 Å². The molecule has 8 nitrogen and oxygen atoms in total. The maximum absolute atomic E-state index is 12.5. The van der Waals surface area contributed by atoms with Gasteiger partial charge in [-0.05, 0) is 49.4 Å². The molecule has 3 aromatic rings. The van der Waals surface area contributed by atoms with Gasteiger partial charge in [-0.15, -0.1) is 0 Å². The van der Waals surface area contributed by atoms with Gasteiger partial charge in [-0.2, -0.15) is 0 Å². The number of H-pyrrole nitrogens is 1. The number of carbonyl (C=O) groups is 1. The van der Waals surface area contributed by atoms with Crippen molar-refractivity contribution in [2.75, 3.05) is 4.72 Å². The Bertz CT molecular complexity index is 1190. The highest BCUT2D eigenvalue weighted by Crippen LogP contribution is 2.19. The van der Waals surface area contributed by atoms with Crippen LogP contribution in [0.25, 0.3) is 10.9 Å². The van der Waals surface area contributed by atoms with Gasteiger partial charge in [0.15, 0.2) is 5.78 Å². The number of aromatic amines is 1. The minimum absolute atomic E-state index is 0.0607. The normalized spacial score (nSPS) is 11.4. The number of rotatable bonds is 4. The van der Waals surface area contributed by atoms with Gasteiger partial charge in [-0.1, -0.05) is 0 Å². The molecule has 0 bridgehead atoms. The highest BCUT2D eigenvalue weighted by atomic mass is 32.2. The van der Waals surface area contributed by atoms with Gasteiger partial charge in [-0.25, -0.2) is 18.0 Å². The quantitative estimate of drug-likeness (QED) is 0.679. The second kappa shape index (κ2) is 6.02. The van der Waals surface area contributed by atoms with Gasteiger partial charge < -0.3 is 4.42 Å². The van der Waals surface area contributed by atoms with Crippen molar-refractivity contribution < 1.29 is 17.6 Å². The molecule has 0 unspecified atom stereocenters. The van der Waals surface area contributed by atoms with Crippen LogP contribution in [0.3, 0.4) is 0 Å². The van der Waals surface area contributed by atoms with Gasteiger partial charge in [0.05, 0.1) is 15.8 Å². The van der Waals surface area contributed by atoms with Gasteiger partial charge >= 0.3 is 11.4 Å². The van der Waals surface area contributed by atoms with E-state index in [4.69, 9.17) is 0 Å². The Kier molecular flexibility index (Phi) is 4.01. The number of aromatic nitrogens is 1. The summed E-state index contributed by atoms with van der Waals surface area (Å²) in [4.78, 5) is 36.2. The Labute approximate surface area is 141 Å². The summed E-state index contributed by atoms with van der Waals surface area (Å²) >= 11 is 0. The van der Waals surface area contributed by atoms with Crippen molar-refractivity contribution in [1.82, 2.24) is 4.98 Å². The summed E-state index contributed by atoms with van der Waals surface area (Å²) < 4.78 is 31.7. The monoisotopic (exact) mass is 360 g/mol. The van der Waals surface area contributed by atoms with Crippen LogP contribution in [0.5, 0.6) is 0 Å². The van der Waals surface area contributed by atoms with E-state index in [-0.39, 0.29) is 27.3 Å². The standard InChI is InChI=1S/C16H12N2O6S/c1-9(19)10-2-4-11(5-3-10)18-25(22,23)12-6-7-14-13(8-12)15(20)24-16(21)17-14/h2-8,18H,1H3,(H,17,21). The molecule has 9 heteroatoms. The smallest absolute Gasteiger partial charge is 0.372 e. The largest absolute Gasteiger partial charge is 0.419 e. The number of anilines is 1. The van der Waals surface area contributed by atoms with Gasteiger partial charge in [0.1, 0.15) is 0 Å². The van der Waals surface area contributed by atoms with Crippen molar-refractivity contribution in [2.45, 2.75) is 11.8 Å². The van der Waals surface area contributed by atoms with Crippen molar-refractivity contribution in [3.8, 4) is 0 Å². The van der Waals surface area contributed by atoms with Gasteiger partial charge in [-0.3, -0.25) is 14.5 Å². The minimum Gasteiger partial charge on any atom is -0.372 e. The number of hydrogen-bond acceptors (Lipinski definition) is 6. The molecule has 1 aromatic heterocycles. The molecule has 2 N–H and O–H groups in total.